The van der Waals surface area contributed by atoms with Crippen molar-refractivity contribution in [3.05, 3.63) is 22.7 Å². The number of aliphatic carboxylic acids is 1. The van der Waals surface area contributed by atoms with Crippen molar-refractivity contribution in [2.24, 2.45) is 11.8 Å². The highest BCUT2D eigenvalue weighted by atomic mass is 32.1. The molecule has 0 aromatic carbocycles. The van der Waals surface area contributed by atoms with Crippen molar-refractivity contribution in [3.8, 4) is 5.69 Å². The quantitative estimate of drug-likeness (QED) is 0.901. The molecule has 2 unspecified atom stereocenters. The van der Waals surface area contributed by atoms with Crippen LogP contribution in [0.2, 0.25) is 0 Å². The first kappa shape index (κ1) is 14.6. The monoisotopic (exact) mass is 321 g/mol. The number of amides is 1. The smallest absolute Gasteiger partial charge is 0.308 e. The first-order chi connectivity index (χ1) is 10.6. The summed E-state index contributed by atoms with van der Waals surface area (Å²) in [6.45, 7) is 2.77. The molecule has 0 aliphatic carbocycles. The number of thiophene rings is 1. The van der Waals surface area contributed by atoms with Gasteiger partial charge in [0.2, 0.25) is 0 Å². The number of aromatic nitrogens is 4. The van der Waals surface area contributed by atoms with E-state index in [0.717, 1.165) is 0 Å². The Labute approximate surface area is 130 Å². The van der Waals surface area contributed by atoms with Gasteiger partial charge in [-0.05, 0) is 34.2 Å². The van der Waals surface area contributed by atoms with Gasteiger partial charge in [0.25, 0.3) is 5.91 Å². The number of piperidine rings is 1. The Hall–Kier alpha value is -2.29. The number of carbonyl (C=O) groups excluding carboxylic acids is 1. The molecule has 3 heterocycles. The Kier molecular flexibility index (Phi) is 3.88. The molecule has 1 fully saturated rings. The van der Waals surface area contributed by atoms with Gasteiger partial charge in [-0.25, -0.2) is 0 Å². The minimum Gasteiger partial charge on any atom is -0.481 e. The van der Waals surface area contributed by atoms with E-state index in [-0.39, 0.29) is 18.4 Å². The molecule has 1 aliphatic heterocycles. The van der Waals surface area contributed by atoms with Gasteiger partial charge in [-0.3, -0.25) is 9.59 Å². The van der Waals surface area contributed by atoms with Crippen molar-refractivity contribution >= 4 is 23.2 Å². The lowest BCUT2D eigenvalue weighted by Crippen LogP contribution is -2.45. The highest BCUT2D eigenvalue weighted by Gasteiger charge is 2.33. The maximum Gasteiger partial charge on any atom is 0.308 e. The topological polar surface area (TPSA) is 101 Å². The van der Waals surface area contributed by atoms with Gasteiger partial charge in [-0.15, -0.1) is 16.4 Å². The third kappa shape index (κ3) is 2.71. The van der Waals surface area contributed by atoms with E-state index < -0.39 is 11.9 Å². The lowest BCUT2D eigenvalue weighted by atomic mass is 9.90. The number of carboxylic acid groups (broad SMARTS) is 1. The molecule has 2 aromatic rings. The number of hydrogen-bond donors (Lipinski definition) is 1. The van der Waals surface area contributed by atoms with Crippen LogP contribution in [-0.4, -0.2) is 55.2 Å². The number of hydrogen-bond acceptors (Lipinski definition) is 6. The fourth-order valence-electron chi connectivity index (χ4n) is 2.75. The highest BCUT2D eigenvalue weighted by Crippen LogP contribution is 2.27. The van der Waals surface area contributed by atoms with Crippen LogP contribution in [-0.2, 0) is 4.79 Å². The van der Waals surface area contributed by atoms with Crippen LogP contribution in [0.1, 0.15) is 23.0 Å². The summed E-state index contributed by atoms with van der Waals surface area (Å²) in [7, 11) is 0. The second-order valence-electron chi connectivity index (χ2n) is 5.48. The highest BCUT2D eigenvalue weighted by molar-refractivity contribution is 7.12. The molecular formula is C13H15N5O3S. The summed E-state index contributed by atoms with van der Waals surface area (Å²) in [6, 6.07) is 1.77. The fourth-order valence-corrected chi connectivity index (χ4v) is 3.60. The lowest BCUT2D eigenvalue weighted by molar-refractivity contribution is -0.143. The van der Waals surface area contributed by atoms with Crippen molar-refractivity contribution in [3.63, 3.8) is 0 Å². The summed E-state index contributed by atoms with van der Waals surface area (Å²) in [5.74, 6) is -1.37. The van der Waals surface area contributed by atoms with Gasteiger partial charge in [0.05, 0.1) is 11.6 Å². The molecule has 0 saturated carbocycles. The molecule has 1 amide bonds. The summed E-state index contributed by atoms with van der Waals surface area (Å²) in [4.78, 5) is 26.1. The van der Waals surface area contributed by atoms with Crippen LogP contribution in [0.5, 0.6) is 0 Å². The van der Waals surface area contributed by atoms with E-state index in [9.17, 15) is 14.7 Å². The third-order valence-electron chi connectivity index (χ3n) is 3.73. The van der Waals surface area contributed by atoms with Crippen molar-refractivity contribution in [1.29, 1.82) is 0 Å². The SMILES string of the molecule is CC1CC(C(=O)O)CN(C(=O)c2sccc2-n2cnnn2)C1. The van der Waals surface area contributed by atoms with Crippen molar-refractivity contribution in [2.75, 3.05) is 13.1 Å². The Balaban J connectivity index is 1.85. The molecule has 1 aliphatic rings. The predicted molar refractivity (Wildman–Crippen MR) is 77.8 cm³/mol. The van der Waals surface area contributed by atoms with Crippen LogP contribution in [0.3, 0.4) is 0 Å². The lowest BCUT2D eigenvalue weighted by Gasteiger charge is -2.34. The first-order valence-corrected chi connectivity index (χ1v) is 7.77. The second-order valence-corrected chi connectivity index (χ2v) is 6.39. The molecule has 9 heteroatoms. The van der Waals surface area contributed by atoms with Gasteiger partial charge in [0, 0.05) is 13.1 Å². The van der Waals surface area contributed by atoms with Crippen LogP contribution in [0.4, 0.5) is 0 Å². The molecule has 3 rings (SSSR count). The Morgan fingerprint density at radius 3 is 2.91 bits per heavy atom. The number of nitrogens with zero attached hydrogens (tertiary/aromatic N) is 5. The number of rotatable bonds is 3. The van der Waals surface area contributed by atoms with Gasteiger partial charge in [0.1, 0.15) is 11.2 Å². The van der Waals surface area contributed by atoms with E-state index in [1.165, 1.54) is 22.3 Å². The Bertz CT molecular complexity index is 684. The number of likely N-dealkylation sites (tertiary alicyclic amines) is 1. The van der Waals surface area contributed by atoms with E-state index in [4.69, 9.17) is 0 Å². The Morgan fingerprint density at radius 2 is 2.23 bits per heavy atom. The second kappa shape index (κ2) is 5.84. The number of carbonyl (C=O) groups is 2. The average Bonchev–Trinajstić information content (AvgIpc) is 3.16. The first-order valence-electron chi connectivity index (χ1n) is 6.89. The molecular weight excluding hydrogens is 306 g/mol. The molecule has 22 heavy (non-hydrogen) atoms. The zero-order valence-electron chi connectivity index (χ0n) is 11.9. The van der Waals surface area contributed by atoms with Crippen molar-refractivity contribution in [1.82, 2.24) is 25.1 Å². The molecule has 0 spiro atoms. The third-order valence-corrected chi connectivity index (χ3v) is 4.62. The van der Waals surface area contributed by atoms with E-state index in [1.54, 1.807) is 16.3 Å². The Morgan fingerprint density at radius 1 is 1.41 bits per heavy atom. The van der Waals surface area contributed by atoms with E-state index in [0.29, 0.717) is 23.5 Å². The molecule has 1 N–H and O–H groups in total. The van der Waals surface area contributed by atoms with Crippen LogP contribution in [0, 0.1) is 11.8 Å². The van der Waals surface area contributed by atoms with Gasteiger partial charge in [-0.2, -0.15) is 4.68 Å². The summed E-state index contributed by atoms with van der Waals surface area (Å²) >= 11 is 1.31. The maximum absolute atomic E-state index is 12.8. The summed E-state index contributed by atoms with van der Waals surface area (Å²) in [6.07, 6.45) is 2.03. The molecule has 2 atom stereocenters. The van der Waals surface area contributed by atoms with Gasteiger partial charge >= 0.3 is 5.97 Å². The molecule has 8 nitrogen and oxygen atoms in total. The van der Waals surface area contributed by atoms with Crippen molar-refractivity contribution in [2.45, 2.75) is 13.3 Å². The van der Waals surface area contributed by atoms with E-state index in [1.807, 2.05) is 6.92 Å². The minimum absolute atomic E-state index is 0.162. The zero-order chi connectivity index (χ0) is 15.7. The zero-order valence-corrected chi connectivity index (χ0v) is 12.7. The normalized spacial score (nSPS) is 21.8. The van der Waals surface area contributed by atoms with E-state index >= 15 is 0 Å². The molecule has 0 bridgehead atoms. The minimum atomic E-state index is -0.851. The van der Waals surface area contributed by atoms with Crippen molar-refractivity contribution < 1.29 is 14.7 Å². The van der Waals surface area contributed by atoms with Crippen LogP contribution in [0.25, 0.3) is 5.69 Å². The van der Waals surface area contributed by atoms with E-state index in [2.05, 4.69) is 15.5 Å². The van der Waals surface area contributed by atoms with Gasteiger partial charge in [0.15, 0.2) is 0 Å². The summed E-state index contributed by atoms with van der Waals surface area (Å²) in [5.41, 5.74) is 0.616. The molecule has 116 valence electrons. The average molecular weight is 321 g/mol. The largest absolute Gasteiger partial charge is 0.481 e. The number of tetrazole rings is 1. The van der Waals surface area contributed by atoms with Crippen LogP contribution < -0.4 is 0 Å². The summed E-state index contributed by atoms with van der Waals surface area (Å²) in [5, 5.41) is 22.0. The maximum atomic E-state index is 12.8. The van der Waals surface area contributed by atoms with Crippen LogP contribution in [0.15, 0.2) is 17.8 Å². The number of carboxylic acids is 1. The summed E-state index contributed by atoms with van der Waals surface area (Å²) < 4.78 is 1.44. The standard InChI is InChI=1S/C13H15N5O3S/c1-8-4-9(13(20)21)6-17(5-8)12(19)11-10(2-3-22-11)18-7-14-15-16-18/h2-3,7-9H,4-6H2,1H3,(H,20,21). The van der Waals surface area contributed by atoms with Crippen LogP contribution >= 0.6 is 11.3 Å². The predicted octanol–water partition coefficient (Wildman–Crippen LogP) is 0.907. The molecule has 0 radical (unpaired) electrons. The molecule has 2 aromatic heterocycles. The van der Waals surface area contributed by atoms with Gasteiger partial charge in [-0.1, -0.05) is 6.92 Å². The van der Waals surface area contributed by atoms with Gasteiger partial charge < -0.3 is 10.0 Å². The fraction of sp³-hybridized carbons (Fsp3) is 0.462. The molecule has 1 saturated heterocycles.